The molecule has 1 aliphatic rings. The van der Waals surface area contributed by atoms with Crippen LogP contribution >= 0.6 is 0 Å². The molecule has 2 N–H and O–H groups in total. The summed E-state index contributed by atoms with van der Waals surface area (Å²) in [6.45, 7) is 0.316. The third-order valence-corrected chi connectivity index (χ3v) is 1.71. The van der Waals surface area contributed by atoms with Gasteiger partial charge in [0.25, 0.3) is 0 Å². The standard InChI is InChI=1S/C6H7BN4O/c7-11-3-10-5-4(12)1-8-2-9-6(5)11/h2-4,12H,1H2,(H,8,9)/t4-/m1/s1. The van der Waals surface area contributed by atoms with Gasteiger partial charge in [-0.15, -0.1) is 0 Å². The van der Waals surface area contributed by atoms with E-state index in [-0.39, 0.29) is 0 Å². The first kappa shape index (κ1) is 7.36. The quantitative estimate of drug-likeness (QED) is 0.496. The fraction of sp³-hybridized carbons (Fsp3) is 0.333. The van der Waals surface area contributed by atoms with Crippen molar-refractivity contribution in [3.63, 3.8) is 0 Å². The molecule has 0 unspecified atom stereocenters. The van der Waals surface area contributed by atoms with Gasteiger partial charge < -0.3 is 14.9 Å². The predicted molar refractivity (Wildman–Crippen MR) is 45.3 cm³/mol. The number of anilines is 1. The lowest BCUT2D eigenvalue weighted by Gasteiger charge is -2.04. The minimum atomic E-state index is -0.670. The average molecular weight is 162 g/mol. The largest absolute Gasteiger partial charge is 0.385 e. The lowest BCUT2D eigenvalue weighted by atomic mass is 10.2. The second-order valence-electron chi connectivity index (χ2n) is 2.54. The molecule has 0 amide bonds. The van der Waals surface area contributed by atoms with Crippen LogP contribution in [0.3, 0.4) is 0 Å². The number of nitrogens with one attached hydrogen (secondary N) is 1. The molecule has 60 valence electrons. The highest BCUT2D eigenvalue weighted by atomic mass is 16.3. The van der Waals surface area contributed by atoms with Gasteiger partial charge in [-0.2, -0.15) is 0 Å². The Kier molecular flexibility index (Phi) is 1.62. The van der Waals surface area contributed by atoms with Gasteiger partial charge in [0, 0.05) is 0 Å². The normalized spacial score (nSPS) is 21.2. The van der Waals surface area contributed by atoms with E-state index < -0.39 is 6.10 Å². The fourth-order valence-electron chi connectivity index (χ4n) is 1.11. The van der Waals surface area contributed by atoms with Crippen LogP contribution in [-0.2, 0) is 0 Å². The number of fused-ring (bicyclic) bond motifs is 1. The molecule has 12 heavy (non-hydrogen) atoms. The predicted octanol–water partition coefficient (Wildman–Crippen LogP) is -0.698. The van der Waals surface area contributed by atoms with Crippen LogP contribution in [0.1, 0.15) is 11.8 Å². The third kappa shape index (κ3) is 1.00. The first-order valence-electron chi connectivity index (χ1n) is 3.54. The second-order valence-corrected chi connectivity index (χ2v) is 2.54. The number of nitrogens with zero attached hydrogens (tertiary/aromatic N) is 3. The zero-order chi connectivity index (χ0) is 8.55. The Hall–Kier alpha value is -1.30. The van der Waals surface area contributed by atoms with E-state index in [1.165, 1.54) is 17.1 Å². The number of hydrogen-bond donors (Lipinski definition) is 2. The van der Waals surface area contributed by atoms with Crippen molar-refractivity contribution >= 4 is 20.1 Å². The van der Waals surface area contributed by atoms with Gasteiger partial charge in [0.2, 0.25) is 7.98 Å². The Morgan fingerprint density at radius 1 is 1.75 bits per heavy atom. The summed E-state index contributed by atoms with van der Waals surface area (Å²) in [5.74, 6) is 0.587. The SMILES string of the molecule is [B]n1cnc2c1NC=NC[C@H]2O. The summed E-state index contributed by atoms with van der Waals surface area (Å²) >= 11 is 0. The van der Waals surface area contributed by atoms with Crippen molar-refractivity contribution in [2.24, 2.45) is 4.99 Å². The monoisotopic (exact) mass is 162 g/mol. The average Bonchev–Trinajstić information content (AvgIpc) is 2.30. The molecule has 1 aromatic rings. The third-order valence-electron chi connectivity index (χ3n) is 1.71. The Bertz CT molecular complexity index is 321. The van der Waals surface area contributed by atoms with Crippen molar-refractivity contribution in [3.8, 4) is 0 Å². The summed E-state index contributed by atoms with van der Waals surface area (Å²) in [6, 6.07) is 0. The first-order valence-corrected chi connectivity index (χ1v) is 3.54. The summed E-state index contributed by atoms with van der Waals surface area (Å²) in [6.07, 6.45) is 2.27. The molecule has 5 nitrogen and oxygen atoms in total. The number of aliphatic hydroxyl groups is 1. The molecule has 0 aromatic carbocycles. The lowest BCUT2D eigenvalue weighted by Crippen LogP contribution is -2.04. The van der Waals surface area contributed by atoms with Gasteiger partial charge in [0.15, 0.2) is 0 Å². The van der Waals surface area contributed by atoms with Crippen LogP contribution in [0.5, 0.6) is 0 Å². The van der Waals surface area contributed by atoms with E-state index in [9.17, 15) is 5.11 Å². The van der Waals surface area contributed by atoms with Crippen LogP contribution in [0.25, 0.3) is 0 Å². The van der Waals surface area contributed by atoms with E-state index in [1.807, 2.05) is 0 Å². The summed E-state index contributed by atoms with van der Waals surface area (Å²) in [5.41, 5.74) is 0.537. The van der Waals surface area contributed by atoms with Crippen molar-refractivity contribution in [2.45, 2.75) is 6.10 Å². The number of rotatable bonds is 0. The molecule has 0 spiro atoms. The van der Waals surface area contributed by atoms with E-state index in [2.05, 4.69) is 15.3 Å². The van der Waals surface area contributed by atoms with Crippen molar-refractivity contribution in [3.05, 3.63) is 12.0 Å². The van der Waals surface area contributed by atoms with Crippen LogP contribution in [0.15, 0.2) is 11.3 Å². The number of aliphatic hydroxyl groups excluding tert-OH is 1. The molecule has 1 atom stereocenters. The van der Waals surface area contributed by atoms with E-state index in [1.54, 1.807) is 0 Å². The first-order chi connectivity index (χ1) is 5.79. The molecule has 1 aliphatic heterocycles. The minimum Gasteiger partial charge on any atom is -0.385 e. The molecule has 6 heteroatoms. The molecule has 2 heterocycles. The van der Waals surface area contributed by atoms with Crippen LogP contribution in [0.4, 0.5) is 5.82 Å². The lowest BCUT2D eigenvalue weighted by molar-refractivity contribution is 0.184. The molecule has 0 aliphatic carbocycles. The number of aromatic nitrogens is 2. The highest BCUT2D eigenvalue weighted by Gasteiger charge is 2.17. The van der Waals surface area contributed by atoms with E-state index in [0.717, 1.165) is 0 Å². The molecule has 0 saturated heterocycles. The van der Waals surface area contributed by atoms with Crippen molar-refractivity contribution < 1.29 is 5.11 Å². The summed E-state index contributed by atoms with van der Waals surface area (Å²) in [4.78, 5) is 7.83. The molecular formula is C6H7BN4O. The minimum absolute atomic E-state index is 0.316. The molecule has 2 rings (SSSR count). The van der Waals surface area contributed by atoms with Crippen molar-refractivity contribution in [1.29, 1.82) is 0 Å². The van der Waals surface area contributed by atoms with Crippen LogP contribution < -0.4 is 5.32 Å². The summed E-state index contributed by atoms with van der Waals surface area (Å²) < 4.78 is 1.32. The van der Waals surface area contributed by atoms with Crippen LogP contribution in [0, 0.1) is 0 Å². The Labute approximate surface area is 70.6 Å². The van der Waals surface area contributed by atoms with E-state index >= 15 is 0 Å². The van der Waals surface area contributed by atoms with Gasteiger partial charge in [0.05, 0.1) is 19.2 Å². The van der Waals surface area contributed by atoms with Gasteiger partial charge in [-0.05, 0) is 0 Å². The number of hydrogen-bond acceptors (Lipinski definition) is 4. The van der Waals surface area contributed by atoms with Crippen LogP contribution in [0.2, 0.25) is 0 Å². The topological polar surface area (TPSA) is 62.4 Å². The maximum Gasteiger partial charge on any atom is 0.238 e. The molecule has 1 aromatic heterocycles. The molecule has 0 bridgehead atoms. The smallest absolute Gasteiger partial charge is 0.238 e. The Balaban J connectivity index is 2.48. The maximum absolute atomic E-state index is 9.47. The Morgan fingerprint density at radius 3 is 3.42 bits per heavy atom. The number of imidazole rings is 1. The van der Waals surface area contributed by atoms with Gasteiger partial charge >= 0.3 is 0 Å². The zero-order valence-electron chi connectivity index (χ0n) is 6.31. The fourth-order valence-corrected chi connectivity index (χ4v) is 1.11. The summed E-state index contributed by atoms with van der Waals surface area (Å²) in [7, 11) is 5.51. The molecule has 0 fully saturated rings. The number of aliphatic imine (C=N–C) groups is 1. The van der Waals surface area contributed by atoms with E-state index in [0.29, 0.717) is 18.1 Å². The highest BCUT2D eigenvalue weighted by molar-refractivity contribution is 6.09. The highest BCUT2D eigenvalue weighted by Crippen LogP contribution is 2.21. The van der Waals surface area contributed by atoms with Gasteiger partial charge in [-0.25, -0.2) is 4.98 Å². The second kappa shape index (κ2) is 2.64. The Morgan fingerprint density at radius 2 is 2.58 bits per heavy atom. The van der Waals surface area contributed by atoms with Gasteiger partial charge in [-0.3, -0.25) is 4.99 Å². The van der Waals surface area contributed by atoms with Gasteiger partial charge in [0.1, 0.15) is 17.6 Å². The maximum atomic E-state index is 9.47. The van der Waals surface area contributed by atoms with Crippen molar-refractivity contribution in [1.82, 2.24) is 9.46 Å². The molecule has 2 radical (unpaired) electrons. The molecular weight excluding hydrogens is 155 g/mol. The van der Waals surface area contributed by atoms with Crippen molar-refractivity contribution in [2.75, 3.05) is 11.9 Å². The zero-order valence-corrected chi connectivity index (χ0v) is 6.31. The van der Waals surface area contributed by atoms with Gasteiger partial charge in [-0.1, -0.05) is 0 Å². The van der Waals surface area contributed by atoms with Crippen LogP contribution in [-0.4, -0.2) is 35.4 Å². The molecule has 0 saturated carbocycles. The van der Waals surface area contributed by atoms with E-state index in [4.69, 9.17) is 7.98 Å². The summed E-state index contributed by atoms with van der Waals surface area (Å²) in [5, 5.41) is 12.3.